The molecule has 0 atom stereocenters. The second-order valence-corrected chi connectivity index (χ2v) is 4.24. The van der Waals surface area contributed by atoms with Gasteiger partial charge in [-0.15, -0.1) is 0 Å². The number of Topliss-reactive ketones (excluding diaryl/α,β-unsaturated/α-hetero) is 2. The van der Waals surface area contributed by atoms with Gasteiger partial charge < -0.3 is 0 Å². The van der Waals surface area contributed by atoms with Crippen LogP contribution >= 0.6 is 0 Å². The topological polar surface area (TPSA) is 55.4 Å². The average molecular weight is 245 g/mol. The van der Waals surface area contributed by atoms with Gasteiger partial charge in [-0.05, 0) is 11.5 Å². The molecule has 4 heteroatoms. The average Bonchev–Trinajstić information content (AvgIpc) is 2.39. The molecule has 0 bridgehead atoms. The van der Waals surface area contributed by atoms with Crippen LogP contribution in [0.3, 0.4) is 0 Å². The second-order valence-electron chi connectivity index (χ2n) is 4.24. The lowest BCUT2D eigenvalue weighted by atomic mass is 9.80. The second kappa shape index (κ2) is 5.60. The molecule has 0 amide bonds. The summed E-state index contributed by atoms with van der Waals surface area (Å²) >= 11 is 0. The molecular formula is C14H15NO3. The van der Waals surface area contributed by atoms with Crippen molar-refractivity contribution in [3.63, 3.8) is 0 Å². The summed E-state index contributed by atoms with van der Waals surface area (Å²) in [4.78, 5) is 28.4. The molecule has 1 aliphatic carbocycles. The smallest absolute Gasteiger partial charge is 0.168 e. The summed E-state index contributed by atoms with van der Waals surface area (Å²) in [5.74, 6) is -0.278. The van der Waals surface area contributed by atoms with Crippen LogP contribution in [0, 0.1) is 0 Å². The summed E-state index contributed by atoms with van der Waals surface area (Å²) in [6.07, 6.45) is 2.08. The normalized spacial score (nSPS) is 19.8. The van der Waals surface area contributed by atoms with E-state index in [1.54, 1.807) is 0 Å². The van der Waals surface area contributed by atoms with Gasteiger partial charge in [-0.3, -0.25) is 19.9 Å². The lowest BCUT2D eigenvalue weighted by Crippen LogP contribution is -2.26. The van der Waals surface area contributed by atoms with Gasteiger partial charge in [-0.1, -0.05) is 30.3 Å². The van der Waals surface area contributed by atoms with Crippen LogP contribution in [-0.2, 0) is 14.4 Å². The van der Waals surface area contributed by atoms with Gasteiger partial charge in [-0.2, -0.15) is 0 Å². The first-order chi connectivity index (χ1) is 8.72. The molecule has 2 rings (SSSR count). The number of rotatable bonds is 3. The van der Waals surface area contributed by atoms with Crippen molar-refractivity contribution in [1.82, 2.24) is 5.48 Å². The fourth-order valence-corrected chi connectivity index (χ4v) is 2.13. The largest absolute Gasteiger partial charge is 0.294 e. The predicted octanol–water partition coefficient (Wildman–Crippen LogP) is 1.74. The van der Waals surface area contributed by atoms with E-state index in [-0.39, 0.29) is 23.1 Å². The maximum absolute atomic E-state index is 11.9. The number of benzene rings is 1. The van der Waals surface area contributed by atoms with Crippen molar-refractivity contribution in [2.24, 2.45) is 0 Å². The van der Waals surface area contributed by atoms with E-state index in [2.05, 4.69) is 10.3 Å². The quantitative estimate of drug-likeness (QED) is 0.500. The minimum Gasteiger partial charge on any atom is -0.294 e. The van der Waals surface area contributed by atoms with E-state index in [1.807, 2.05) is 30.3 Å². The first-order valence-corrected chi connectivity index (χ1v) is 5.82. The van der Waals surface area contributed by atoms with E-state index >= 15 is 0 Å². The summed E-state index contributed by atoms with van der Waals surface area (Å²) in [7, 11) is 1.43. The zero-order valence-corrected chi connectivity index (χ0v) is 10.2. The van der Waals surface area contributed by atoms with E-state index in [1.165, 1.54) is 13.3 Å². The van der Waals surface area contributed by atoms with E-state index in [0.29, 0.717) is 12.8 Å². The van der Waals surface area contributed by atoms with Crippen LogP contribution in [0.25, 0.3) is 0 Å². The molecule has 1 aliphatic rings. The molecule has 1 N–H and O–H groups in total. The van der Waals surface area contributed by atoms with Crippen LogP contribution < -0.4 is 5.48 Å². The molecule has 0 radical (unpaired) electrons. The first kappa shape index (κ1) is 12.5. The summed E-state index contributed by atoms with van der Waals surface area (Å²) in [6.45, 7) is 0. The molecule has 1 fully saturated rings. The minimum absolute atomic E-state index is 0.00843. The van der Waals surface area contributed by atoms with Crippen LogP contribution in [0.2, 0.25) is 0 Å². The zero-order chi connectivity index (χ0) is 13.0. The van der Waals surface area contributed by atoms with Crippen LogP contribution in [0.1, 0.15) is 24.3 Å². The van der Waals surface area contributed by atoms with Gasteiger partial charge in [0.25, 0.3) is 0 Å². The third-order valence-electron chi connectivity index (χ3n) is 3.06. The summed E-state index contributed by atoms with van der Waals surface area (Å²) in [5, 5.41) is 0. The van der Waals surface area contributed by atoms with E-state index < -0.39 is 0 Å². The van der Waals surface area contributed by atoms with Crippen molar-refractivity contribution in [2.45, 2.75) is 18.8 Å². The Morgan fingerprint density at radius 2 is 1.78 bits per heavy atom. The van der Waals surface area contributed by atoms with Crippen LogP contribution in [-0.4, -0.2) is 18.7 Å². The Morgan fingerprint density at radius 3 is 2.33 bits per heavy atom. The summed E-state index contributed by atoms with van der Waals surface area (Å²) in [5.41, 5.74) is 3.67. The van der Waals surface area contributed by atoms with E-state index in [9.17, 15) is 9.59 Å². The molecule has 1 aromatic carbocycles. The van der Waals surface area contributed by atoms with Gasteiger partial charge in [0.15, 0.2) is 11.6 Å². The number of hydrogen-bond acceptors (Lipinski definition) is 4. The Balaban J connectivity index is 2.15. The SMILES string of the molecule is CONC=C1C(=O)CC(c2ccccc2)CC1=O. The van der Waals surface area contributed by atoms with Gasteiger partial charge in [-0.25, -0.2) is 0 Å². The molecule has 94 valence electrons. The highest BCUT2D eigenvalue weighted by molar-refractivity contribution is 6.22. The molecule has 0 aromatic heterocycles. The van der Waals surface area contributed by atoms with Gasteiger partial charge in [0, 0.05) is 19.0 Å². The van der Waals surface area contributed by atoms with Gasteiger partial charge in [0.1, 0.15) is 0 Å². The number of carbonyl (C=O) groups excluding carboxylic acids is 2. The Hall–Kier alpha value is -1.94. The Bertz CT molecular complexity index is 459. The van der Waals surface area contributed by atoms with Gasteiger partial charge >= 0.3 is 0 Å². The number of hydrogen-bond donors (Lipinski definition) is 1. The number of nitrogens with one attached hydrogen (secondary N) is 1. The predicted molar refractivity (Wildman–Crippen MR) is 66.7 cm³/mol. The Kier molecular flexibility index (Phi) is 3.89. The molecule has 0 unspecified atom stereocenters. The van der Waals surface area contributed by atoms with Crippen molar-refractivity contribution in [3.8, 4) is 0 Å². The van der Waals surface area contributed by atoms with E-state index in [4.69, 9.17) is 0 Å². The molecule has 1 saturated carbocycles. The lowest BCUT2D eigenvalue weighted by Gasteiger charge is -2.22. The van der Waals surface area contributed by atoms with Crippen LogP contribution in [0.5, 0.6) is 0 Å². The number of ketones is 2. The maximum Gasteiger partial charge on any atom is 0.168 e. The Labute approximate surface area is 106 Å². The highest BCUT2D eigenvalue weighted by Crippen LogP contribution is 2.31. The molecule has 4 nitrogen and oxygen atoms in total. The summed E-state index contributed by atoms with van der Waals surface area (Å²) < 4.78 is 0. The molecule has 0 heterocycles. The number of allylic oxidation sites excluding steroid dienone is 1. The van der Waals surface area contributed by atoms with Gasteiger partial charge in [0.05, 0.1) is 12.7 Å². The molecule has 0 saturated heterocycles. The third-order valence-corrected chi connectivity index (χ3v) is 3.06. The zero-order valence-electron chi connectivity index (χ0n) is 10.2. The van der Waals surface area contributed by atoms with Crippen molar-refractivity contribution >= 4 is 11.6 Å². The first-order valence-electron chi connectivity index (χ1n) is 5.82. The molecule has 0 spiro atoms. The van der Waals surface area contributed by atoms with Gasteiger partial charge in [0.2, 0.25) is 0 Å². The highest BCUT2D eigenvalue weighted by atomic mass is 16.6. The molecule has 0 aliphatic heterocycles. The lowest BCUT2D eigenvalue weighted by molar-refractivity contribution is -0.124. The number of carbonyl (C=O) groups is 2. The molecule has 18 heavy (non-hydrogen) atoms. The molecular weight excluding hydrogens is 230 g/mol. The standard InChI is InChI=1S/C14H15NO3/c1-18-15-9-12-13(16)7-11(8-14(12)17)10-5-3-2-4-6-10/h2-6,9,11,15H,7-8H2,1H3. The fraction of sp³-hybridized carbons (Fsp3) is 0.286. The molecule has 1 aromatic rings. The fourth-order valence-electron chi connectivity index (χ4n) is 2.13. The van der Waals surface area contributed by atoms with Crippen molar-refractivity contribution < 1.29 is 14.4 Å². The van der Waals surface area contributed by atoms with Crippen LogP contribution in [0.4, 0.5) is 0 Å². The number of hydroxylamine groups is 1. The minimum atomic E-state index is -0.135. The summed E-state index contributed by atoms with van der Waals surface area (Å²) in [6, 6.07) is 9.66. The van der Waals surface area contributed by atoms with E-state index in [0.717, 1.165) is 5.56 Å². The Morgan fingerprint density at radius 1 is 1.17 bits per heavy atom. The van der Waals surface area contributed by atoms with Crippen molar-refractivity contribution in [3.05, 3.63) is 47.7 Å². The van der Waals surface area contributed by atoms with Crippen molar-refractivity contribution in [2.75, 3.05) is 7.11 Å². The highest BCUT2D eigenvalue weighted by Gasteiger charge is 2.31. The third kappa shape index (κ3) is 2.65. The monoisotopic (exact) mass is 245 g/mol. The van der Waals surface area contributed by atoms with Crippen molar-refractivity contribution in [1.29, 1.82) is 0 Å². The van der Waals surface area contributed by atoms with Crippen LogP contribution in [0.15, 0.2) is 42.1 Å². The maximum atomic E-state index is 11.9.